The Morgan fingerprint density at radius 1 is 1.00 bits per heavy atom. The fourth-order valence-electron chi connectivity index (χ4n) is 0.875. The zero-order valence-electron chi connectivity index (χ0n) is 9.97. The largest absolute Gasteiger partial charge is 0.379 e. The Morgan fingerprint density at radius 3 is 2.00 bits per heavy atom. The average Bonchev–Trinajstić information content (AvgIpc) is 2.29. The van der Waals surface area contributed by atoms with E-state index in [9.17, 15) is 4.57 Å². The molecule has 0 aliphatic carbocycles. The van der Waals surface area contributed by atoms with Crippen LogP contribution >= 0.6 is 7.60 Å². The van der Waals surface area contributed by atoms with E-state index in [-0.39, 0.29) is 19.4 Å². The summed E-state index contributed by atoms with van der Waals surface area (Å²) in [6.07, 6.45) is -0.282. The smallest absolute Gasteiger partial charge is 0.327 e. The van der Waals surface area contributed by atoms with Gasteiger partial charge in [0, 0.05) is 11.5 Å². The topological polar surface area (TPSA) is 134 Å². The van der Waals surface area contributed by atoms with E-state index in [0.29, 0.717) is 33.0 Å². The quantitative estimate of drug-likeness (QED) is 0.176. The maximum atomic E-state index is 10.5. The van der Waals surface area contributed by atoms with Gasteiger partial charge >= 0.3 is 7.60 Å². The summed E-state index contributed by atoms with van der Waals surface area (Å²) in [7, 11) is -3.97. The second kappa shape index (κ2) is 11.4. The van der Waals surface area contributed by atoms with Gasteiger partial charge in [-0.05, 0) is 5.53 Å². The lowest BCUT2D eigenvalue weighted by molar-refractivity contribution is 0.0184. The lowest BCUT2D eigenvalue weighted by atomic mass is 10.7. The summed E-state index contributed by atoms with van der Waals surface area (Å²) in [5.74, 6) is 0. The molecule has 0 aliphatic heterocycles. The number of ether oxygens (including phenoxy) is 3. The van der Waals surface area contributed by atoms with Gasteiger partial charge in [-0.1, -0.05) is 5.11 Å². The maximum Gasteiger partial charge on any atom is 0.327 e. The van der Waals surface area contributed by atoms with Crippen LogP contribution in [0.3, 0.4) is 0 Å². The molecule has 2 N–H and O–H groups in total. The van der Waals surface area contributed by atoms with Crippen LogP contribution in [0.2, 0.25) is 0 Å². The Morgan fingerprint density at radius 2 is 1.50 bits per heavy atom. The van der Waals surface area contributed by atoms with Crippen LogP contribution in [0, 0.1) is 0 Å². The van der Waals surface area contributed by atoms with Crippen molar-refractivity contribution >= 4 is 7.60 Å². The van der Waals surface area contributed by atoms with Gasteiger partial charge in [0.2, 0.25) is 0 Å². The molecule has 18 heavy (non-hydrogen) atoms. The van der Waals surface area contributed by atoms with Crippen molar-refractivity contribution in [2.24, 2.45) is 5.11 Å². The second-order valence-electron chi connectivity index (χ2n) is 3.18. The van der Waals surface area contributed by atoms with Crippen molar-refractivity contribution in [1.82, 2.24) is 0 Å². The van der Waals surface area contributed by atoms with Crippen molar-refractivity contribution in [2.75, 3.05) is 52.3 Å². The predicted octanol–water partition coefficient (Wildman–Crippen LogP) is 0.524. The molecule has 0 unspecified atom stereocenters. The summed E-state index contributed by atoms with van der Waals surface area (Å²) in [5, 5.41) is 3.29. The molecule has 0 aromatic carbocycles. The molecule has 0 radical (unpaired) electrons. The van der Waals surface area contributed by atoms with E-state index < -0.39 is 7.60 Å². The minimum absolute atomic E-state index is 0.0102. The molecule has 0 bridgehead atoms. The van der Waals surface area contributed by atoms with E-state index in [2.05, 4.69) is 10.0 Å². The van der Waals surface area contributed by atoms with Gasteiger partial charge in [-0.3, -0.25) is 4.57 Å². The van der Waals surface area contributed by atoms with E-state index >= 15 is 0 Å². The van der Waals surface area contributed by atoms with Crippen molar-refractivity contribution in [2.45, 2.75) is 0 Å². The van der Waals surface area contributed by atoms with E-state index in [1.165, 1.54) is 0 Å². The van der Waals surface area contributed by atoms with Gasteiger partial charge in [0.05, 0.1) is 45.8 Å². The third kappa shape index (κ3) is 15.3. The van der Waals surface area contributed by atoms with Crippen LogP contribution < -0.4 is 0 Å². The molecule has 0 heterocycles. The number of nitrogens with zero attached hydrogens (tertiary/aromatic N) is 3. The third-order valence-corrected chi connectivity index (χ3v) is 2.43. The van der Waals surface area contributed by atoms with Crippen LogP contribution in [-0.4, -0.2) is 62.1 Å². The molecule has 0 aromatic rings. The van der Waals surface area contributed by atoms with Gasteiger partial charge in [0.25, 0.3) is 0 Å². The monoisotopic (exact) mass is 283 g/mol. The minimum Gasteiger partial charge on any atom is -0.379 e. The molecule has 0 fully saturated rings. The average molecular weight is 283 g/mol. The lowest BCUT2D eigenvalue weighted by Crippen LogP contribution is -2.11. The van der Waals surface area contributed by atoms with Crippen LogP contribution in [-0.2, 0) is 18.8 Å². The van der Waals surface area contributed by atoms with Crippen LogP contribution in [0.25, 0.3) is 10.4 Å². The molecule has 0 amide bonds. The molecule has 10 heteroatoms. The number of azide groups is 1. The van der Waals surface area contributed by atoms with Gasteiger partial charge in [-0.15, -0.1) is 0 Å². The molecule has 0 aromatic heterocycles. The van der Waals surface area contributed by atoms with E-state index in [1.807, 2.05) is 0 Å². The summed E-state index contributed by atoms with van der Waals surface area (Å²) in [6.45, 7) is 2.05. The second-order valence-corrected chi connectivity index (χ2v) is 4.96. The molecule has 0 saturated carbocycles. The van der Waals surface area contributed by atoms with Crippen molar-refractivity contribution in [3.63, 3.8) is 0 Å². The van der Waals surface area contributed by atoms with Gasteiger partial charge in [-0.2, -0.15) is 0 Å². The van der Waals surface area contributed by atoms with Crippen molar-refractivity contribution in [3.05, 3.63) is 10.4 Å². The molecule has 106 valence electrons. The molecular formula is C8H18N3O6P. The normalized spacial score (nSPS) is 11.2. The Hall–Kier alpha value is -0.660. The Bertz CT molecular complexity index is 291. The van der Waals surface area contributed by atoms with Crippen LogP contribution in [0.4, 0.5) is 0 Å². The first kappa shape index (κ1) is 17.3. The van der Waals surface area contributed by atoms with Crippen molar-refractivity contribution in [1.29, 1.82) is 0 Å². The molecule has 0 spiro atoms. The molecule has 0 aliphatic rings. The van der Waals surface area contributed by atoms with E-state index in [0.717, 1.165) is 0 Å². The van der Waals surface area contributed by atoms with Gasteiger partial charge in [0.15, 0.2) is 0 Å². The lowest BCUT2D eigenvalue weighted by Gasteiger charge is -2.06. The first-order valence-electron chi connectivity index (χ1n) is 5.35. The summed E-state index contributed by atoms with van der Waals surface area (Å²) in [6, 6.07) is 0. The summed E-state index contributed by atoms with van der Waals surface area (Å²) < 4.78 is 25.6. The summed E-state index contributed by atoms with van der Waals surface area (Å²) in [5.41, 5.74) is 7.98. The van der Waals surface area contributed by atoms with E-state index in [4.69, 9.17) is 29.5 Å². The highest BCUT2D eigenvalue weighted by molar-refractivity contribution is 7.51. The van der Waals surface area contributed by atoms with E-state index in [1.54, 1.807) is 0 Å². The van der Waals surface area contributed by atoms with Crippen LogP contribution in [0.1, 0.15) is 0 Å². The number of rotatable bonds is 12. The fraction of sp³-hybridized carbons (Fsp3) is 1.00. The Balaban J connectivity index is 3.08. The van der Waals surface area contributed by atoms with Crippen LogP contribution in [0.15, 0.2) is 5.11 Å². The maximum absolute atomic E-state index is 10.5. The number of hydrogen-bond donors (Lipinski definition) is 2. The van der Waals surface area contributed by atoms with Crippen molar-refractivity contribution in [3.8, 4) is 0 Å². The minimum atomic E-state index is -3.97. The van der Waals surface area contributed by atoms with Gasteiger partial charge in [-0.25, -0.2) is 0 Å². The molecule has 9 nitrogen and oxygen atoms in total. The Labute approximate surface area is 105 Å². The molecule has 0 atom stereocenters. The Kier molecular flexibility index (Phi) is 11.0. The molecule has 0 saturated heterocycles. The molecular weight excluding hydrogens is 265 g/mol. The summed E-state index contributed by atoms with van der Waals surface area (Å²) >= 11 is 0. The SMILES string of the molecule is [N-]=[N+]=NCCOCCOCCOCCP(=O)(O)O. The van der Waals surface area contributed by atoms with Crippen molar-refractivity contribution < 1.29 is 28.6 Å². The van der Waals surface area contributed by atoms with Crippen LogP contribution in [0.5, 0.6) is 0 Å². The standard InChI is InChI=1S/C8H18N3O6P/c9-11-10-1-2-15-3-4-16-5-6-17-7-8-18(12,13)14/h1-8H2,(H2,12,13,14). The highest BCUT2D eigenvalue weighted by Gasteiger charge is 2.11. The van der Waals surface area contributed by atoms with Gasteiger partial charge in [0.1, 0.15) is 0 Å². The molecule has 0 rings (SSSR count). The predicted molar refractivity (Wildman–Crippen MR) is 63.4 cm³/mol. The third-order valence-electron chi connectivity index (χ3n) is 1.67. The zero-order valence-corrected chi connectivity index (χ0v) is 10.9. The first-order chi connectivity index (χ1) is 8.56. The summed E-state index contributed by atoms with van der Waals surface area (Å²) in [4.78, 5) is 19.6. The highest BCUT2D eigenvalue weighted by Crippen LogP contribution is 2.33. The highest BCUT2D eigenvalue weighted by atomic mass is 31.2. The number of hydrogen-bond acceptors (Lipinski definition) is 5. The van der Waals surface area contributed by atoms with Gasteiger partial charge < -0.3 is 24.0 Å². The first-order valence-corrected chi connectivity index (χ1v) is 7.14. The fourth-order valence-corrected chi connectivity index (χ4v) is 1.24. The zero-order chi connectivity index (χ0) is 13.7.